The highest BCUT2D eigenvalue weighted by molar-refractivity contribution is 7.71. The fraction of sp³-hybridized carbons (Fsp3) is 0.714. The van der Waals surface area contributed by atoms with Crippen LogP contribution in [-0.4, -0.2) is 19.3 Å². The molecule has 0 aliphatic heterocycles. The number of fused-ring (bicyclic) bond motifs is 1. The molecule has 2 aromatic rings. The van der Waals surface area contributed by atoms with E-state index in [2.05, 4.69) is 42.3 Å². The minimum Gasteiger partial charge on any atom is -0.328 e. The molecule has 5 heteroatoms. The summed E-state index contributed by atoms with van der Waals surface area (Å²) in [5, 5.41) is 4.57. The second kappa shape index (κ2) is 5.49. The van der Waals surface area contributed by atoms with Gasteiger partial charge in [-0.05, 0) is 37.9 Å². The number of hydrogen-bond acceptors (Lipinski definition) is 2. The van der Waals surface area contributed by atoms with Crippen LogP contribution in [0.1, 0.15) is 52.3 Å². The number of rotatable bonds is 5. The van der Waals surface area contributed by atoms with Gasteiger partial charge in [0.1, 0.15) is 5.52 Å². The quantitative estimate of drug-likeness (QED) is 0.841. The van der Waals surface area contributed by atoms with E-state index in [1.54, 1.807) is 0 Å². The van der Waals surface area contributed by atoms with E-state index in [4.69, 9.17) is 12.2 Å². The number of aryl methyl sites for hydroxylation is 2. The van der Waals surface area contributed by atoms with E-state index in [-0.39, 0.29) is 0 Å². The Labute approximate surface area is 119 Å². The Morgan fingerprint density at radius 2 is 2.00 bits per heavy atom. The van der Waals surface area contributed by atoms with E-state index in [1.165, 1.54) is 6.42 Å². The van der Waals surface area contributed by atoms with Gasteiger partial charge in [-0.25, -0.2) is 0 Å². The average Bonchev–Trinajstić information content (AvgIpc) is 2.86. The standard InChI is InChI=1S/C14H24N4S/c1-6-9(3)8-10(4)18-13-12(15-14(18)19)11(7-2)16-17(13)5/h9-10H,6-8H2,1-5H3,(H,15,19). The summed E-state index contributed by atoms with van der Waals surface area (Å²) in [6.45, 7) is 8.90. The predicted molar refractivity (Wildman–Crippen MR) is 82.0 cm³/mol. The van der Waals surface area contributed by atoms with Crippen molar-refractivity contribution < 1.29 is 0 Å². The van der Waals surface area contributed by atoms with Gasteiger partial charge in [0.25, 0.3) is 0 Å². The van der Waals surface area contributed by atoms with E-state index in [0.29, 0.717) is 12.0 Å². The van der Waals surface area contributed by atoms with Crippen LogP contribution in [0.2, 0.25) is 0 Å². The van der Waals surface area contributed by atoms with Crippen LogP contribution >= 0.6 is 12.2 Å². The molecule has 0 radical (unpaired) electrons. The Morgan fingerprint density at radius 1 is 1.32 bits per heavy atom. The summed E-state index contributed by atoms with van der Waals surface area (Å²) < 4.78 is 4.99. The van der Waals surface area contributed by atoms with Gasteiger partial charge in [-0.3, -0.25) is 9.25 Å². The van der Waals surface area contributed by atoms with Crippen molar-refractivity contribution in [2.45, 2.75) is 53.0 Å². The molecule has 0 bridgehead atoms. The molecule has 0 aliphatic rings. The molecule has 0 saturated carbocycles. The third-order valence-corrected chi connectivity index (χ3v) is 4.28. The molecule has 2 rings (SSSR count). The Morgan fingerprint density at radius 3 is 2.58 bits per heavy atom. The van der Waals surface area contributed by atoms with Gasteiger partial charge >= 0.3 is 0 Å². The SMILES string of the molecule is CCc1nn(C)c2c1[nH]c(=S)n2C(C)CC(C)CC. The van der Waals surface area contributed by atoms with Crippen molar-refractivity contribution in [3.05, 3.63) is 10.5 Å². The minimum atomic E-state index is 0.399. The number of imidazole rings is 1. The van der Waals surface area contributed by atoms with Gasteiger partial charge in [0.2, 0.25) is 0 Å². The lowest BCUT2D eigenvalue weighted by atomic mass is 10.0. The zero-order valence-corrected chi connectivity index (χ0v) is 13.3. The van der Waals surface area contributed by atoms with Gasteiger partial charge in [0.15, 0.2) is 10.4 Å². The summed E-state index contributed by atoms with van der Waals surface area (Å²) >= 11 is 5.51. The summed E-state index contributed by atoms with van der Waals surface area (Å²) in [7, 11) is 2.00. The van der Waals surface area contributed by atoms with Crippen molar-refractivity contribution in [3.8, 4) is 0 Å². The molecule has 2 aromatic heterocycles. The number of H-pyrrole nitrogens is 1. The average molecular weight is 280 g/mol. The Hall–Kier alpha value is -1.10. The molecular weight excluding hydrogens is 256 g/mol. The van der Waals surface area contributed by atoms with Crippen LogP contribution in [0.25, 0.3) is 11.2 Å². The molecule has 0 fully saturated rings. The maximum Gasteiger partial charge on any atom is 0.179 e. The highest BCUT2D eigenvalue weighted by Crippen LogP contribution is 2.26. The van der Waals surface area contributed by atoms with Crippen LogP contribution in [0, 0.1) is 10.7 Å². The predicted octanol–water partition coefficient (Wildman–Crippen LogP) is 3.99. The third-order valence-electron chi connectivity index (χ3n) is 3.98. The molecule has 2 heterocycles. The summed E-state index contributed by atoms with van der Waals surface area (Å²) in [6.07, 6.45) is 3.27. The number of nitrogens with one attached hydrogen (secondary N) is 1. The smallest absolute Gasteiger partial charge is 0.179 e. The number of nitrogens with zero attached hydrogens (tertiary/aromatic N) is 3. The first kappa shape index (κ1) is 14.3. The zero-order valence-electron chi connectivity index (χ0n) is 12.5. The van der Waals surface area contributed by atoms with E-state index in [1.807, 2.05) is 11.7 Å². The fourth-order valence-corrected chi connectivity index (χ4v) is 3.12. The maximum absolute atomic E-state index is 5.51. The molecule has 0 amide bonds. The van der Waals surface area contributed by atoms with Crippen molar-refractivity contribution in [2.75, 3.05) is 0 Å². The summed E-state index contributed by atoms with van der Waals surface area (Å²) in [4.78, 5) is 3.33. The van der Waals surface area contributed by atoms with Gasteiger partial charge < -0.3 is 4.98 Å². The lowest BCUT2D eigenvalue weighted by molar-refractivity contribution is 0.398. The largest absolute Gasteiger partial charge is 0.328 e. The molecular formula is C14H24N4S. The molecule has 4 nitrogen and oxygen atoms in total. The lowest BCUT2D eigenvalue weighted by Crippen LogP contribution is -2.11. The highest BCUT2D eigenvalue weighted by atomic mass is 32.1. The summed E-state index contributed by atoms with van der Waals surface area (Å²) in [5.74, 6) is 0.709. The van der Waals surface area contributed by atoms with Crippen molar-refractivity contribution >= 4 is 23.4 Å². The van der Waals surface area contributed by atoms with Crippen molar-refractivity contribution in [1.82, 2.24) is 19.3 Å². The number of aromatic amines is 1. The monoisotopic (exact) mass is 280 g/mol. The summed E-state index contributed by atoms with van der Waals surface area (Å²) in [6, 6.07) is 0.399. The van der Waals surface area contributed by atoms with Gasteiger partial charge in [-0.2, -0.15) is 5.10 Å². The van der Waals surface area contributed by atoms with Crippen molar-refractivity contribution in [1.29, 1.82) is 0 Å². The highest BCUT2D eigenvalue weighted by Gasteiger charge is 2.18. The molecule has 0 spiro atoms. The van der Waals surface area contributed by atoms with Crippen LogP contribution in [0.15, 0.2) is 0 Å². The van der Waals surface area contributed by atoms with Gasteiger partial charge in [0, 0.05) is 13.1 Å². The molecule has 2 atom stereocenters. The molecule has 0 saturated heterocycles. The van der Waals surface area contributed by atoms with E-state index >= 15 is 0 Å². The second-order valence-corrected chi connectivity index (χ2v) is 5.91. The fourth-order valence-electron chi connectivity index (χ4n) is 2.75. The lowest BCUT2D eigenvalue weighted by Gasteiger charge is -2.18. The normalized spacial score (nSPS) is 15.0. The van der Waals surface area contributed by atoms with Crippen LogP contribution in [0.3, 0.4) is 0 Å². The summed E-state index contributed by atoms with van der Waals surface area (Å²) in [5.41, 5.74) is 3.32. The zero-order chi connectivity index (χ0) is 14.2. The topological polar surface area (TPSA) is 38.5 Å². The first-order valence-electron chi connectivity index (χ1n) is 7.15. The molecule has 106 valence electrons. The molecule has 0 aromatic carbocycles. The van der Waals surface area contributed by atoms with Gasteiger partial charge in [-0.15, -0.1) is 0 Å². The van der Waals surface area contributed by atoms with Crippen LogP contribution in [-0.2, 0) is 13.5 Å². The number of hydrogen-bond donors (Lipinski definition) is 1. The van der Waals surface area contributed by atoms with Crippen LogP contribution < -0.4 is 0 Å². The van der Waals surface area contributed by atoms with Crippen LogP contribution in [0.4, 0.5) is 0 Å². The Kier molecular flexibility index (Phi) is 4.13. The van der Waals surface area contributed by atoms with Crippen LogP contribution in [0.5, 0.6) is 0 Å². The molecule has 1 N–H and O–H groups in total. The van der Waals surface area contributed by atoms with Crippen molar-refractivity contribution in [2.24, 2.45) is 13.0 Å². The van der Waals surface area contributed by atoms with Gasteiger partial charge in [-0.1, -0.05) is 27.2 Å². The second-order valence-electron chi connectivity index (χ2n) is 5.52. The maximum atomic E-state index is 5.51. The number of aromatic nitrogens is 4. The molecule has 2 unspecified atom stereocenters. The van der Waals surface area contributed by atoms with E-state index in [9.17, 15) is 0 Å². The third kappa shape index (κ3) is 2.48. The van der Waals surface area contributed by atoms with Gasteiger partial charge in [0.05, 0.1) is 5.69 Å². The molecule has 0 aliphatic carbocycles. The first-order chi connectivity index (χ1) is 8.99. The first-order valence-corrected chi connectivity index (χ1v) is 7.56. The van der Waals surface area contributed by atoms with Crippen molar-refractivity contribution in [3.63, 3.8) is 0 Å². The molecule has 19 heavy (non-hydrogen) atoms. The minimum absolute atomic E-state index is 0.399. The Bertz CT molecular complexity index is 619. The van der Waals surface area contributed by atoms with E-state index < -0.39 is 0 Å². The van der Waals surface area contributed by atoms with E-state index in [0.717, 1.165) is 34.5 Å². The Balaban J connectivity index is 2.51.